The molecule has 1 aromatic rings. The normalized spacial score (nSPS) is 21.2. The predicted molar refractivity (Wildman–Crippen MR) is 110 cm³/mol. The number of ether oxygens (including phenoxy) is 1. The Balaban J connectivity index is 1.38. The molecule has 0 N–H and O–H groups in total. The van der Waals surface area contributed by atoms with Crippen LogP contribution in [0, 0.1) is 0 Å². The smallest absolute Gasteiger partial charge is 0.130 e. The van der Waals surface area contributed by atoms with Crippen LogP contribution >= 0.6 is 0 Å². The minimum Gasteiger partial charge on any atom is -0.380 e. The highest BCUT2D eigenvalue weighted by Crippen LogP contribution is 2.30. The van der Waals surface area contributed by atoms with E-state index in [-0.39, 0.29) is 0 Å². The second-order valence-corrected chi connectivity index (χ2v) is 8.52. The van der Waals surface area contributed by atoms with Gasteiger partial charge in [-0.15, -0.1) is 0 Å². The molecule has 2 fully saturated rings. The molecule has 5 heteroatoms. The monoisotopic (exact) mass is 374 g/mol. The molecule has 0 amide bonds. The van der Waals surface area contributed by atoms with Crippen LogP contribution in [0.4, 0.5) is 0 Å². The lowest BCUT2D eigenvalue weighted by atomic mass is 9.89. The third-order valence-corrected chi connectivity index (χ3v) is 6.18. The minimum absolute atomic E-state index is 0.407. The maximum absolute atomic E-state index is 5.64. The molecular weight excluding hydrogens is 336 g/mol. The van der Waals surface area contributed by atoms with Gasteiger partial charge in [-0.2, -0.15) is 0 Å². The maximum atomic E-state index is 5.64. The van der Waals surface area contributed by atoms with Crippen LogP contribution in [-0.2, 0) is 4.74 Å². The molecule has 0 aliphatic carbocycles. The van der Waals surface area contributed by atoms with Gasteiger partial charge in [0.2, 0.25) is 0 Å². The highest BCUT2D eigenvalue weighted by Gasteiger charge is 2.28. The first kappa shape index (κ1) is 20.7. The van der Waals surface area contributed by atoms with Gasteiger partial charge in [0.1, 0.15) is 5.82 Å². The second-order valence-electron chi connectivity index (χ2n) is 8.52. The molecule has 0 spiro atoms. The topological polar surface area (TPSA) is 41.5 Å². The van der Waals surface area contributed by atoms with Gasteiger partial charge in [-0.25, -0.2) is 9.97 Å². The van der Waals surface area contributed by atoms with Crippen molar-refractivity contribution < 1.29 is 4.74 Å². The van der Waals surface area contributed by atoms with Crippen molar-refractivity contribution >= 4 is 0 Å². The van der Waals surface area contributed by atoms with Crippen molar-refractivity contribution in [2.45, 2.75) is 70.8 Å². The van der Waals surface area contributed by atoms with Crippen molar-refractivity contribution in [2.24, 2.45) is 0 Å². The highest BCUT2D eigenvalue weighted by molar-refractivity contribution is 5.14. The average molecular weight is 375 g/mol. The Hall–Kier alpha value is -1.04. The molecule has 2 aliphatic heterocycles. The fraction of sp³-hybridized carbons (Fsp3) is 0.818. The van der Waals surface area contributed by atoms with Crippen LogP contribution in [-0.4, -0.2) is 71.7 Å². The summed E-state index contributed by atoms with van der Waals surface area (Å²) in [5, 5.41) is 0. The van der Waals surface area contributed by atoms with Gasteiger partial charge in [-0.05, 0) is 69.8 Å². The molecule has 1 aromatic heterocycles. The molecule has 0 radical (unpaired) electrons. The summed E-state index contributed by atoms with van der Waals surface area (Å²) in [5.41, 5.74) is 1.33. The van der Waals surface area contributed by atoms with Crippen LogP contribution in [0.25, 0.3) is 0 Å². The summed E-state index contributed by atoms with van der Waals surface area (Å²) in [5.74, 6) is 2.01. The fourth-order valence-electron chi connectivity index (χ4n) is 4.40. The Morgan fingerprint density at radius 2 is 1.67 bits per heavy atom. The van der Waals surface area contributed by atoms with Gasteiger partial charge in [-0.1, -0.05) is 20.8 Å². The highest BCUT2D eigenvalue weighted by atomic mass is 16.5. The Morgan fingerprint density at radius 3 is 2.26 bits per heavy atom. The molecule has 0 aromatic carbocycles. The summed E-state index contributed by atoms with van der Waals surface area (Å²) in [6, 6.07) is 0.776. The number of aromatic nitrogens is 2. The van der Waals surface area contributed by atoms with Crippen molar-refractivity contribution in [1.82, 2.24) is 19.8 Å². The summed E-state index contributed by atoms with van der Waals surface area (Å²) in [6.07, 6.45) is 10.4. The number of likely N-dealkylation sites (tertiary alicyclic amines) is 2. The number of piperidine rings is 2. The van der Waals surface area contributed by atoms with Gasteiger partial charge in [0.05, 0.1) is 6.61 Å². The van der Waals surface area contributed by atoms with Crippen LogP contribution in [0.1, 0.15) is 76.1 Å². The first-order valence-electron chi connectivity index (χ1n) is 11.0. The van der Waals surface area contributed by atoms with E-state index in [1.54, 1.807) is 0 Å². The third kappa shape index (κ3) is 5.97. The van der Waals surface area contributed by atoms with Gasteiger partial charge in [0.25, 0.3) is 0 Å². The Bertz CT molecular complexity index is 532. The molecule has 0 bridgehead atoms. The van der Waals surface area contributed by atoms with Crippen LogP contribution in [0.3, 0.4) is 0 Å². The van der Waals surface area contributed by atoms with Gasteiger partial charge in [0.15, 0.2) is 0 Å². The molecule has 0 saturated carbocycles. The van der Waals surface area contributed by atoms with Gasteiger partial charge < -0.3 is 14.5 Å². The van der Waals surface area contributed by atoms with E-state index in [4.69, 9.17) is 4.74 Å². The Morgan fingerprint density at radius 1 is 1.00 bits per heavy atom. The van der Waals surface area contributed by atoms with Crippen molar-refractivity contribution in [3.05, 3.63) is 23.8 Å². The van der Waals surface area contributed by atoms with E-state index in [1.165, 1.54) is 57.4 Å². The zero-order chi connectivity index (χ0) is 19.1. The van der Waals surface area contributed by atoms with E-state index in [0.717, 1.165) is 38.0 Å². The van der Waals surface area contributed by atoms with E-state index in [2.05, 4.69) is 52.9 Å². The van der Waals surface area contributed by atoms with E-state index < -0.39 is 0 Å². The van der Waals surface area contributed by atoms with Crippen molar-refractivity contribution in [3.8, 4) is 0 Å². The fourth-order valence-corrected chi connectivity index (χ4v) is 4.40. The van der Waals surface area contributed by atoms with E-state index in [1.807, 2.05) is 0 Å². The number of nitrogens with zero attached hydrogens (tertiary/aromatic N) is 4. The molecule has 2 aliphatic rings. The van der Waals surface area contributed by atoms with Gasteiger partial charge in [-0.3, -0.25) is 0 Å². The Labute approximate surface area is 165 Å². The average Bonchev–Trinajstić information content (AvgIpc) is 2.72. The summed E-state index contributed by atoms with van der Waals surface area (Å²) >= 11 is 0. The van der Waals surface area contributed by atoms with Crippen molar-refractivity contribution in [1.29, 1.82) is 0 Å². The zero-order valence-corrected chi connectivity index (χ0v) is 17.6. The summed E-state index contributed by atoms with van der Waals surface area (Å²) < 4.78 is 5.64. The SMILES string of the molecule is CCCOCCN1CCC(N2CCC(c3cnc(C(C)C)nc3)CC2)CC1. The lowest BCUT2D eigenvalue weighted by Crippen LogP contribution is -2.48. The largest absolute Gasteiger partial charge is 0.380 e. The number of hydrogen-bond acceptors (Lipinski definition) is 5. The molecule has 2 saturated heterocycles. The van der Waals surface area contributed by atoms with E-state index >= 15 is 0 Å². The predicted octanol–water partition coefficient (Wildman–Crippen LogP) is 3.67. The molecule has 3 heterocycles. The number of hydrogen-bond donors (Lipinski definition) is 0. The molecule has 3 rings (SSSR count). The summed E-state index contributed by atoms with van der Waals surface area (Å²) in [6.45, 7) is 14.3. The minimum atomic E-state index is 0.407. The third-order valence-electron chi connectivity index (χ3n) is 6.18. The number of rotatable bonds is 8. The van der Waals surface area contributed by atoms with Crippen molar-refractivity contribution in [2.75, 3.05) is 45.9 Å². The standard InChI is InChI=1S/C22H38N4O/c1-4-14-27-15-13-25-9-7-21(8-10-25)26-11-5-19(6-12-26)20-16-23-22(18(2)3)24-17-20/h16-19,21H,4-15H2,1-3H3. The maximum Gasteiger partial charge on any atom is 0.130 e. The molecular formula is C22H38N4O. The zero-order valence-electron chi connectivity index (χ0n) is 17.6. The van der Waals surface area contributed by atoms with Crippen LogP contribution in [0.15, 0.2) is 12.4 Å². The summed E-state index contributed by atoms with van der Waals surface area (Å²) in [4.78, 5) is 14.4. The molecule has 0 unspecified atom stereocenters. The lowest BCUT2D eigenvalue weighted by Gasteiger charge is -2.41. The molecule has 27 heavy (non-hydrogen) atoms. The molecule has 0 atom stereocenters. The van der Waals surface area contributed by atoms with Crippen molar-refractivity contribution in [3.63, 3.8) is 0 Å². The van der Waals surface area contributed by atoms with Crippen LogP contribution in [0.2, 0.25) is 0 Å². The van der Waals surface area contributed by atoms with Crippen LogP contribution in [0.5, 0.6) is 0 Å². The lowest BCUT2D eigenvalue weighted by molar-refractivity contribution is 0.0619. The van der Waals surface area contributed by atoms with E-state index in [0.29, 0.717) is 11.8 Å². The van der Waals surface area contributed by atoms with E-state index in [9.17, 15) is 0 Å². The van der Waals surface area contributed by atoms with Gasteiger partial charge in [0, 0.05) is 37.5 Å². The molecule has 5 nitrogen and oxygen atoms in total. The quantitative estimate of drug-likeness (QED) is 0.650. The second kappa shape index (κ2) is 10.5. The Kier molecular flexibility index (Phi) is 8.04. The molecule has 152 valence electrons. The first-order valence-corrected chi connectivity index (χ1v) is 11.0. The summed E-state index contributed by atoms with van der Waals surface area (Å²) in [7, 11) is 0. The van der Waals surface area contributed by atoms with Crippen LogP contribution < -0.4 is 0 Å². The van der Waals surface area contributed by atoms with Gasteiger partial charge >= 0.3 is 0 Å². The first-order chi connectivity index (χ1) is 13.2.